The van der Waals surface area contributed by atoms with Gasteiger partial charge < -0.3 is 0 Å². The van der Waals surface area contributed by atoms with E-state index >= 15 is 0 Å². The van der Waals surface area contributed by atoms with Gasteiger partial charge in [0, 0.05) is 21.3 Å². The van der Waals surface area contributed by atoms with Crippen LogP contribution in [0.25, 0.3) is 11.3 Å². The van der Waals surface area contributed by atoms with Gasteiger partial charge in [-0.2, -0.15) is 0 Å². The predicted octanol–water partition coefficient (Wildman–Crippen LogP) is 6.14. The Morgan fingerprint density at radius 1 is 0.929 bits per heavy atom. The molecule has 0 bridgehead atoms. The molecule has 1 N–H and O–H groups in total. The molecule has 0 unspecified atom stereocenters. The number of nitrogens with one attached hydrogen (secondary N) is 1. The molecule has 1 atom stereocenters. The van der Waals surface area contributed by atoms with Gasteiger partial charge in [-0.15, -0.1) is 0 Å². The summed E-state index contributed by atoms with van der Waals surface area (Å²) in [5.74, 6) is -0.0957. The molecular formula is C22H21Cl2N3O. The van der Waals surface area contributed by atoms with Crippen LogP contribution in [0.1, 0.15) is 31.0 Å². The van der Waals surface area contributed by atoms with E-state index in [-0.39, 0.29) is 23.7 Å². The average Bonchev–Trinajstić information content (AvgIpc) is 2.63. The molecule has 6 heteroatoms. The van der Waals surface area contributed by atoms with Gasteiger partial charge in [-0.3, -0.25) is 10.1 Å². The van der Waals surface area contributed by atoms with Crippen LogP contribution in [-0.2, 0) is 4.79 Å². The molecule has 0 spiro atoms. The van der Waals surface area contributed by atoms with E-state index in [2.05, 4.69) is 15.3 Å². The minimum absolute atomic E-state index is 0.0988. The fourth-order valence-corrected chi connectivity index (χ4v) is 3.34. The van der Waals surface area contributed by atoms with Gasteiger partial charge in [0.25, 0.3) is 0 Å². The van der Waals surface area contributed by atoms with E-state index in [1.807, 2.05) is 63.2 Å². The maximum absolute atomic E-state index is 13.0. The van der Waals surface area contributed by atoms with Crippen LogP contribution >= 0.6 is 23.2 Å². The molecule has 1 amide bonds. The maximum Gasteiger partial charge on any atom is 0.234 e. The van der Waals surface area contributed by atoms with E-state index in [9.17, 15) is 4.79 Å². The lowest BCUT2D eigenvalue weighted by Gasteiger charge is -2.20. The van der Waals surface area contributed by atoms with Crippen LogP contribution in [0, 0.1) is 12.8 Å². The molecule has 1 aromatic heterocycles. The highest BCUT2D eigenvalue weighted by Crippen LogP contribution is 2.27. The number of anilines is 1. The first-order chi connectivity index (χ1) is 13.3. The van der Waals surface area contributed by atoms with Crippen LogP contribution in [0.4, 0.5) is 5.95 Å². The fraction of sp³-hybridized carbons (Fsp3) is 0.227. The second kappa shape index (κ2) is 8.72. The van der Waals surface area contributed by atoms with Crippen LogP contribution < -0.4 is 5.32 Å². The van der Waals surface area contributed by atoms with Gasteiger partial charge in [0.05, 0.1) is 11.6 Å². The lowest BCUT2D eigenvalue weighted by atomic mass is 9.88. The summed E-state index contributed by atoms with van der Waals surface area (Å²) in [5.41, 5.74) is 3.31. The maximum atomic E-state index is 13.0. The Morgan fingerprint density at radius 2 is 1.50 bits per heavy atom. The number of aryl methyl sites for hydroxylation is 1. The summed E-state index contributed by atoms with van der Waals surface area (Å²) in [5, 5.41) is 4.18. The lowest BCUT2D eigenvalue weighted by Crippen LogP contribution is -2.26. The van der Waals surface area contributed by atoms with Gasteiger partial charge in [-0.1, -0.05) is 61.3 Å². The van der Waals surface area contributed by atoms with Crippen LogP contribution in [0.15, 0.2) is 54.6 Å². The van der Waals surface area contributed by atoms with Crippen molar-refractivity contribution in [2.24, 2.45) is 5.92 Å². The zero-order valence-electron chi connectivity index (χ0n) is 15.9. The highest BCUT2D eigenvalue weighted by atomic mass is 35.5. The Kier molecular flexibility index (Phi) is 6.32. The van der Waals surface area contributed by atoms with E-state index in [4.69, 9.17) is 23.2 Å². The molecule has 0 saturated heterocycles. The Labute approximate surface area is 174 Å². The third-order valence-corrected chi connectivity index (χ3v) is 4.91. The summed E-state index contributed by atoms with van der Waals surface area (Å²) in [6, 6.07) is 16.6. The number of aromatic nitrogens is 2. The van der Waals surface area contributed by atoms with Crippen molar-refractivity contribution in [3.8, 4) is 11.3 Å². The average molecular weight is 414 g/mol. The minimum atomic E-state index is -0.333. The van der Waals surface area contributed by atoms with Crippen molar-refractivity contribution in [1.82, 2.24) is 9.97 Å². The predicted molar refractivity (Wildman–Crippen MR) is 115 cm³/mol. The van der Waals surface area contributed by atoms with Crippen molar-refractivity contribution in [3.63, 3.8) is 0 Å². The van der Waals surface area contributed by atoms with Gasteiger partial charge in [0.15, 0.2) is 0 Å². The monoisotopic (exact) mass is 413 g/mol. The van der Waals surface area contributed by atoms with E-state index < -0.39 is 0 Å². The number of nitrogens with zero attached hydrogens (tertiary/aromatic N) is 2. The number of carbonyl (C=O) groups is 1. The molecule has 3 aromatic rings. The van der Waals surface area contributed by atoms with Crippen LogP contribution in [0.2, 0.25) is 10.0 Å². The number of hydrogen-bond acceptors (Lipinski definition) is 3. The molecular weight excluding hydrogens is 393 g/mol. The van der Waals surface area contributed by atoms with Crippen LogP contribution in [-0.4, -0.2) is 15.9 Å². The summed E-state index contributed by atoms with van der Waals surface area (Å²) >= 11 is 11.9. The zero-order chi connectivity index (χ0) is 20.3. The molecule has 0 aliphatic heterocycles. The standard InChI is InChI=1S/C22H21Cl2N3O/c1-13(2)20(16-6-10-18(24)11-7-16)21(28)27-22-25-14(3)12-19(26-22)15-4-8-17(23)9-5-15/h4-13,20H,1-3H3,(H,25,26,27,28)/t20-/m1/s1. The second-order valence-corrected chi connectivity index (χ2v) is 7.86. The summed E-state index contributed by atoms with van der Waals surface area (Å²) < 4.78 is 0. The molecule has 0 radical (unpaired) electrons. The number of benzene rings is 2. The van der Waals surface area contributed by atoms with E-state index in [0.29, 0.717) is 10.0 Å². The van der Waals surface area contributed by atoms with Crippen molar-refractivity contribution in [1.29, 1.82) is 0 Å². The largest absolute Gasteiger partial charge is 0.294 e. The lowest BCUT2D eigenvalue weighted by molar-refractivity contribution is -0.118. The van der Waals surface area contributed by atoms with Crippen LogP contribution in [0.3, 0.4) is 0 Å². The SMILES string of the molecule is Cc1cc(-c2ccc(Cl)cc2)nc(NC(=O)[C@@H](c2ccc(Cl)cc2)C(C)C)n1. The third-order valence-electron chi connectivity index (χ3n) is 4.41. The molecule has 0 aliphatic carbocycles. The fourth-order valence-electron chi connectivity index (χ4n) is 3.09. The Bertz CT molecular complexity index is 970. The first-order valence-corrected chi connectivity index (χ1v) is 9.77. The second-order valence-electron chi connectivity index (χ2n) is 6.99. The summed E-state index contributed by atoms with van der Waals surface area (Å²) in [6.07, 6.45) is 0. The van der Waals surface area contributed by atoms with Gasteiger partial charge in [0.2, 0.25) is 11.9 Å². The van der Waals surface area contributed by atoms with Crippen molar-refractivity contribution in [3.05, 3.63) is 75.9 Å². The highest BCUT2D eigenvalue weighted by molar-refractivity contribution is 6.30. The van der Waals surface area contributed by atoms with Gasteiger partial charge in [-0.25, -0.2) is 9.97 Å². The Hall–Kier alpha value is -2.43. The third kappa shape index (κ3) is 4.89. The Morgan fingerprint density at radius 3 is 2.07 bits per heavy atom. The normalized spacial score (nSPS) is 12.1. The van der Waals surface area contributed by atoms with Crippen molar-refractivity contribution >= 4 is 35.1 Å². The van der Waals surface area contributed by atoms with E-state index in [1.165, 1.54) is 0 Å². The van der Waals surface area contributed by atoms with Gasteiger partial charge in [-0.05, 0) is 48.7 Å². The first-order valence-electron chi connectivity index (χ1n) is 9.01. The summed E-state index contributed by atoms with van der Waals surface area (Å²) in [6.45, 7) is 5.89. The zero-order valence-corrected chi connectivity index (χ0v) is 17.4. The van der Waals surface area contributed by atoms with Gasteiger partial charge in [0.1, 0.15) is 0 Å². The number of amides is 1. The quantitative estimate of drug-likeness (QED) is 0.546. The Balaban J connectivity index is 1.88. The first kappa shape index (κ1) is 20.3. The van der Waals surface area contributed by atoms with Crippen molar-refractivity contribution < 1.29 is 4.79 Å². The molecule has 28 heavy (non-hydrogen) atoms. The van der Waals surface area contributed by atoms with Crippen LogP contribution in [0.5, 0.6) is 0 Å². The summed E-state index contributed by atoms with van der Waals surface area (Å²) in [7, 11) is 0. The van der Waals surface area contributed by atoms with Crippen molar-refractivity contribution in [2.75, 3.05) is 5.32 Å². The molecule has 144 valence electrons. The smallest absolute Gasteiger partial charge is 0.234 e. The number of rotatable bonds is 5. The number of halogens is 2. The minimum Gasteiger partial charge on any atom is -0.294 e. The molecule has 1 heterocycles. The van der Waals surface area contributed by atoms with E-state index in [1.54, 1.807) is 12.1 Å². The summed E-state index contributed by atoms with van der Waals surface area (Å²) in [4.78, 5) is 21.9. The molecule has 4 nitrogen and oxygen atoms in total. The molecule has 2 aromatic carbocycles. The number of carbonyl (C=O) groups excluding carboxylic acids is 1. The highest BCUT2D eigenvalue weighted by Gasteiger charge is 2.25. The van der Waals surface area contributed by atoms with Gasteiger partial charge >= 0.3 is 0 Å². The topological polar surface area (TPSA) is 54.9 Å². The molecule has 0 saturated carbocycles. The van der Waals surface area contributed by atoms with E-state index in [0.717, 1.165) is 22.5 Å². The molecule has 0 aliphatic rings. The van der Waals surface area contributed by atoms with Crippen molar-refractivity contribution in [2.45, 2.75) is 26.7 Å². The molecule has 0 fully saturated rings. The number of hydrogen-bond donors (Lipinski definition) is 1. The molecule has 3 rings (SSSR count).